The Bertz CT molecular complexity index is 477. The molecular weight excluding hydrogens is 280 g/mol. The van der Waals surface area contributed by atoms with Gasteiger partial charge in [0.05, 0.1) is 0 Å². The van der Waals surface area contributed by atoms with Crippen molar-refractivity contribution in [2.75, 3.05) is 6.54 Å². The highest BCUT2D eigenvalue weighted by atomic mass is 35.5. The summed E-state index contributed by atoms with van der Waals surface area (Å²) < 4.78 is 0. The number of carbonyl (C=O) groups is 2. The van der Waals surface area contributed by atoms with Crippen LogP contribution in [0.2, 0.25) is 5.02 Å². The zero-order chi connectivity index (χ0) is 15.1. The third-order valence-electron chi connectivity index (χ3n) is 2.86. The Kier molecular flexibility index (Phi) is 6.31. The van der Waals surface area contributed by atoms with Gasteiger partial charge >= 0.3 is 12.0 Å². The molecule has 2 amide bonds. The molecule has 1 aromatic carbocycles. The highest BCUT2D eigenvalue weighted by Gasteiger charge is 2.22. The van der Waals surface area contributed by atoms with Gasteiger partial charge in [0.1, 0.15) is 6.04 Å². The van der Waals surface area contributed by atoms with Crippen molar-refractivity contribution in [3.63, 3.8) is 0 Å². The molecule has 1 aromatic rings. The van der Waals surface area contributed by atoms with Crippen LogP contribution in [0.5, 0.6) is 0 Å². The first-order valence-corrected chi connectivity index (χ1v) is 6.80. The first-order valence-electron chi connectivity index (χ1n) is 6.42. The average molecular weight is 299 g/mol. The number of nitrogens with one attached hydrogen (secondary N) is 2. The Hall–Kier alpha value is -1.75. The molecule has 0 aliphatic heterocycles. The lowest BCUT2D eigenvalue weighted by Crippen LogP contribution is -2.48. The molecule has 0 saturated carbocycles. The minimum Gasteiger partial charge on any atom is -0.480 e. The first kappa shape index (κ1) is 16.3. The lowest BCUT2D eigenvalue weighted by Gasteiger charge is -2.18. The summed E-state index contributed by atoms with van der Waals surface area (Å²) in [7, 11) is 0. The number of urea groups is 1. The molecule has 0 heterocycles. The van der Waals surface area contributed by atoms with Gasteiger partial charge in [-0.15, -0.1) is 0 Å². The van der Waals surface area contributed by atoms with E-state index in [1.807, 2.05) is 18.2 Å². The van der Waals surface area contributed by atoms with Gasteiger partial charge in [-0.3, -0.25) is 0 Å². The minimum atomic E-state index is -1.04. The molecule has 0 bridgehead atoms. The molecule has 20 heavy (non-hydrogen) atoms. The molecule has 0 radical (unpaired) electrons. The van der Waals surface area contributed by atoms with Gasteiger partial charge in [0.15, 0.2) is 0 Å². The van der Waals surface area contributed by atoms with Crippen LogP contribution in [-0.2, 0) is 11.2 Å². The standard InChI is InChI=1S/C14H19ClN2O3/c1-9(2)12(13(18)19)17-14(20)16-8-7-10-5-3-4-6-11(10)15/h3-6,9,12H,7-8H2,1-2H3,(H,18,19)(H2,16,17,20). The minimum absolute atomic E-state index is 0.179. The number of halogens is 1. The monoisotopic (exact) mass is 298 g/mol. The van der Waals surface area contributed by atoms with Crippen LogP contribution in [0, 0.1) is 5.92 Å². The van der Waals surface area contributed by atoms with Gasteiger partial charge in [0.2, 0.25) is 0 Å². The summed E-state index contributed by atoms with van der Waals surface area (Å²) in [5.74, 6) is -1.22. The van der Waals surface area contributed by atoms with Crippen LogP contribution in [0.25, 0.3) is 0 Å². The van der Waals surface area contributed by atoms with Crippen LogP contribution in [0.3, 0.4) is 0 Å². The zero-order valence-corrected chi connectivity index (χ0v) is 12.3. The number of amides is 2. The summed E-state index contributed by atoms with van der Waals surface area (Å²) in [5.41, 5.74) is 0.938. The molecule has 3 N–H and O–H groups in total. The lowest BCUT2D eigenvalue weighted by atomic mass is 10.1. The normalized spacial score (nSPS) is 12.0. The number of rotatable bonds is 6. The second kappa shape index (κ2) is 7.75. The van der Waals surface area contributed by atoms with E-state index in [-0.39, 0.29) is 5.92 Å². The van der Waals surface area contributed by atoms with Crippen LogP contribution in [0.1, 0.15) is 19.4 Å². The van der Waals surface area contributed by atoms with Gasteiger partial charge in [0.25, 0.3) is 0 Å². The Balaban J connectivity index is 2.40. The fraction of sp³-hybridized carbons (Fsp3) is 0.429. The number of aliphatic carboxylic acids is 1. The van der Waals surface area contributed by atoms with Gasteiger partial charge in [-0.25, -0.2) is 9.59 Å². The molecule has 6 heteroatoms. The van der Waals surface area contributed by atoms with Crippen molar-refractivity contribution < 1.29 is 14.7 Å². The maximum absolute atomic E-state index is 11.6. The van der Waals surface area contributed by atoms with Gasteiger partial charge in [-0.1, -0.05) is 43.6 Å². The number of carbonyl (C=O) groups excluding carboxylic acids is 1. The van der Waals surface area contributed by atoms with E-state index in [1.165, 1.54) is 0 Å². The zero-order valence-electron chi connectivity index (χ0n) is 11.5. The predicted octanol–water partition coefficient (Wildman–Crippen LogP) is 2.29. The van der Waals surface area contributed by atoms with Crippen molar-refractivity contribution in [3.05, 3.63) is 34.9 Å². The van der Waals surface area contributed by atoms with E-state index in [4.69, 9.17) is 16.7 Å². The first-order chi connectivity index (χ1) is 9.41. The summed E-state index contributed by atoms with van der Waals surface area (Å²) in [6, 6.07) is 6.01. The summed E-state index contributed by atoms with van der Waals surface area (Å²) in [6.07, 6.45) is 0.590. The molecule has 1 unspecified atom stereocenters. The van der Waals surface area contributed by atoms with E-state index >= 15 is 0 Å². The van der Waals surface area contributed by atoms with Crippen molar-refractivity contribution in [1.82, 2.24) is 10.6 Å². The summed E-state index contributed by atoms with van der Waals surface area (Å²) >= 11 is 6.00. The fourth-order valence-electron chi connectivity index (χ4n) is 1.72. The Morgan fingerprint density at radius 2 is 1.95 bits per heavy atom. The Labute approximate surface area is 123 Å². The molecular formula is C14H19ClN2O3. The number of carboxylic acids is 1. The van der Waals surface area contributed by atoms with Gasteiger partial charge in [-0.05, 0) is 24.0 Å². The van der Waals surface area contributed by atoms with Crippen molar-refractivity contribution in [1.29, 1.82) is 0 Å². The molecule has 110 valence electrons. The Morgan fingerprint density at radius 1 is 1.30 bits per heavy atom. The van der Waals surface area contributed by atoms with Crippen LogP contribution < -0.4 is 10.6 Å². The largest absolute Gasteiger partial charge is 0.480 e. The lowest BCUT2D eigenvalue weighted by molar-refractivity contribution is -0.140. The number of carboxylic acid groups (broad SMARTS) is 1. The quantitative estimate of drug-likeness (QED) is 0.754. The summed E-state index contributed by atoms with van der Waals surface area (Å²) in [5, 5.41) is 14.7. The number of hydrogen-bond donors (Lipinski definition) is 3. The van der Waals surface area contributed by atoms with Crippen LogP contribution in [-0.4, -0.2) is 29.7 Å². The third-order valence-corrected chi connectivity index (χ3v) is 3.23. The van der Waals surface area contributed by atoms with E-state index in [0.29, 0.717) is 18.0 Å². The Morgan fingerprint density at radius 3 is 2.50 bits per heavy atom. The van der Waals surface area contributed by atoms with Crippen molar-refractivity contribution in [3.8, 4) is 0 Å². The molecule has 1 rings (SSSR count). The van der Waals surface area contributed by atoms with Crippen molar-refractivity contribution >= 4 is 23.6 Å². The van der Waals surface area contributed by atoms with Gasteiger partial charge < -0.3 is 15.7 Å². The second-order valence-corrected chi connectivity index (χ2v) is 5.21. The highest BCUT2D eigenvalue weighted by Crippen LogP contribution is 2.14. The van der Waals surface area contributed by atoms with Crippen molar-refractivity contribution in [2.24, 2.45) is 5.92 Å². The summed E-state index contributed by atoms with van der Waals surface area (Å²) in [6.45, 7) is 3.87. The van der Waals surface area contributed by atoms with Crippen LogP contribution in [0.4, 0.5) is 4.79 Å². The van der Waals surface area contributed by atoms with E-state index in [9.17, 15) is 9.59 Å². The molecule has 0 aliphatic carbocycles. The van der Waals surface area contributed by atoms with Crippen LogP contribution in [0.15, 0.2) is 24.3 Å². The second-order valence-electron chi connectivity index (χ2n) is 4.80. The molecule has 0 aromatic heterocycles. The molecule has 0 saturated heterocycles. The van der Waals surface area contributed by atoms with Gasteiger partial charge in [0, 0.05) is 11.6 Å². The van der Waals surface area contributed by atoms with Gasteiger partial charge in [-0.2, -0.15) is 0 Å². The summed E-state index contributed by atoms with van der Waals surface area (Å²) in [4.78, 5) is 22.6. The molecule has 5 nitrogen and oxygen atoms in total. The maximum atomic E-state index is 11.6. The van der Waals surface area contributed by atoms with Crippen LogP contribution >= 0.6 is 11.6 Å². The topological polar surface area (TPSA) is 78.4 Å². The predicted molar refractivity (Wildman–Crippen MR) is 78.0 cm³/mol. The molecule has 0 spiro atoms. The SMILES string of the molecule is CC(C)C(NC(=O)NCCc1ccccc1Cl)C(=O)O. The maximum Gasteiger partial charge on any atom is 0.326 e. The molecule has 1 atom stereocenters. The average Bonchev–Trinajstić information content (AvgIpc) is 2.37. The van der Waals surface area contributed by atoms with E-state index in [0.717, 1.165) is 5.56 Å². The number of hydrogen-bond acceptors (Lipinski definition) is 2. The third kappa shape index (κ3) is 5.09. The van der Waals surface area contributed by atoms with E-state index in [2.05, 4.69) is 10.6 Å². The molecule has 0 aliphatic rings. The van der Waals surface area contributed by atoms with Crippen molar-refractivity contribution in [2.45, 2.75) is 26.3 Å². The number of benzene rings is 1. The van der Waals surface area contributed by atoms with E-state index in [1.54, 1.807) is 19.9 Å². The fourth-order valence-corrected chi connectivity index (χ4v) is 1.95. The smallest absolute Gasteiger partial charge is 0.326 e. The highest BCUT2D eigenvalue weighted by molar-refractivity contribution is 6.31. The molecule has 0 fully saturated rings. The van der Waals surface area contributed by atoms with E-state index < -0.39 is 18.0 Å².